The molecular formula is C20H28N2O4. The zero-order valence-corrected chi connectivity index (χ0v) is 15.9. The van der Waals surface area contributed by atoms with Crippen molar-refractivity contribution >= 4 is 12.0 Å². The lowest BCUT2D eigenvalue weighted by molar-refractivity contribution is -0.131. The van der Waals surface area contributed by atoms with E-state index in [2.05, 4.69) is 12.1 Å². The molecule has 1 aromatic carbocycles. The molecular weight excluding hydrogens is 332 g/mol. The van der Waals surface area contributed by atoms with Crippen LogP contribution in [0.2, 0.25) is 0 Å². The fourth-order valence-corrected chi connectivity index (χ4v) is 3.85. The zero-order valence-electron chi connectivity index (χ0n) is 15.9. The Bertz CT molecular complexity index is 690. The monoisotopic (exact) mass is 360 g/mol. The Morgan fingerprint density at radius 3 is 2.81 bits per heavy atom. The first kappa shape index (κ1) is 18.5. The van der Waals surface area contributed by atoms with E-state index in [9.17, 15) is 9.59 Å². The summed E-state index contributed by atoms with van der Waals surface area (Å²) in [7, 11) is 1.74. The maximum absolute atomic E-state index is 12.5. The van der Waals surface area contributed by atoms with Gasteiger partial charge in [-0.1, -0.05) is 12.1 Å². The van der Waals surface area contributed by atoms with Gasteiger partial charge in [0.2, 0.25) is 5.91 Å². The number of ether oxygens (including phenoxy) is 2. The van der Waals surface area contributed by atoms with Crippen LogP contribution in [-0.2, 0) is 16.0 Å². The lowest BCUT2D eigenvalue weighted by Gasteiger charge is -2.21. The zero-order chi connectivity index (χ0) is 18.7. The van der Waals surface area contributed by atoms with E-state index < -0.39 is 5.60 Å². The van der Waals surface area contributed by atoms with Crippen LogP contribution in [0.3, 0.4) is 0 Å². The minimum absolute atomic E-state index is 0.148. The highest BCUT2D eigenvalue weighted by Gasteiger charge is 2.49. The SMILES string of the molecule is CCOc1ccc(CCCC(=O)N2CCC3(CN(C)C(=O)O3)C2)cc1C. The molecule has 3 rings (SSSR count). The second kappa shape index (κ2) is 7.56. The Kier molecular flexibility index (Phi) is 5.39. The number of carbonyl (C=O) groups is 2. The predicted molar refractivity (Wildman–Crippen MR) is 98.3 cm³/mol. The number of rotatable bonds is 6. The molecule has 2 saturated heterocycles. The van der Waals surface area contributed by atoms with Crippen molar-refractivity contribution in [3.05, 3.63) is 29.3 Å². The molecule has 6 nitrogen and oxygen atoms in total. The van der Waals surface area contributed by atoms with E-state index in [0.29, 0.717) is 32.7 Å². The molecule has 0 bridgehead atoms. The minimum atomic E-state index is -0.492. The smallest absolute Gasteiger partial charge is 0.410 e. The van der Waals surface area contributed by atoms with E-state index >= 15 is 0 Å². The summed E-state index contributed by atoms with van der Waals surface area (Å²) in [5.74, 6) is 1.07. The molecule has 1 unspecified atom stereocenters. The maximum Gasteiger partial charge on any atom is 0.410 e. The predicted octanol–water partition coefficient (Wildman–Crippen LogP) is 2.77. The fourth-order valence-electron chi connectivity index (χ4n) is 3.85. The molecule has 0 aliphatic carbocycles. The van der Waals surface area contributed by atoms with Crippen LogP contribution in [0.4, 0.5) is 4.79 Å². The summed E-state index contributed by atoms with van der Waals surface area (Å²) in [5.41, 5.74) is 1.86. The number of benzene rings is 1. The fraction of sp³-hybridized carbons (Fsp3) is 0.600. The second-order valence-electron chi connectivity index (χ2n) is 7.36. The second-order valence-corrected chi connectivity index (χ2v) is 7.36. The van der Waals surface area contributed by atoms with Crippen LogP contribution in [-0.4, -0.2) is 60.7 Å². The van der Waals surface area contributed by atoms with Crippen LogP contribution in [0.15, 0.2) is 18.2 Å². The molecule has 0 saturated carbocycles. The first-order valence-corrected chi connectivity index (χ1v) is 9.37. The maximum atomic E-state index is 12.5. The van der Waals surface area contributed by atoms with Crippen molar-refractivity contribution in [1.29, 1.82) is 0 Å². The number of hydrogen-bond acceptors (Lipinski definition) is 4. The van der Waals surface area contributed by atoms with E-state index in [1.807, 2.05) is 24.8 Å². The summed E-state index contributed by atoms with van der Waals surface area (Å²) in [4.78, 5) is 27.5. The quantitative estimate of drug-likeness (QED) is 0.783. The number of nitrogens with zero attached hydrogens (tertiary/aromatic N) is 2. The minimum Gasteiger partial charge on any atom is -0.494 e. The largest absolute Gasteiger partial charge is 0.494 e. The Labute approximate surface area is 155 Å². The first-order valence-electron chi connectivity index (χ1n) is 9.37. The van der Waals surface area contributed by atoms with E-state index in [1.165, 1.54) is 5.56 Å². The third kappa shape index (κ3) is 3.94. The van der Waals surface area contributed by atoms with Crippen molar-refractivity contribution in [2.75, 3.05) is 33.3 Å². The lowest BCUT2D eigenvalue weighted by Crippen LogP contribution is -2.39. The summed E-state index contributed by atoms with van der Waals surface area (Å²) in [6.45, 7) is 6.44. The van der Waals surface area contributed by atoms with E-state index in [-0.39, 0.29) is 12.0 Å². The van der Waals surface area contributed by atoms with Gasteiger partial charge in [-0.05, 0) is 43.9 Å². The molecule has 0 N–H and O–H groups in total. The molecule has 142 valence electrons. The molecule has 2 aliphatic heterocycles. The van der Waals surface area contributed by atoms with Gasteiger partial charge in [0.15, 0.2) is 5.60 Å². The highest BCUT2D eigenvalue weighted by atomic mass is 16.6. The molecule has 2 fully saturated rings. The van der Waals surface area contributed by atoms with Crippen LogP contribution >= 0.6 is 0 Å². The number of amides is 2. The first-order chi connectivity index (χ1) is 12.4. The van der Waals surface area contributed by atoms with Crippen molar-refractivity contribution in [3.63, 3.8) is 0 Å². The van der Waals surface area contributed by atoms with Gasteiger partial charge in [0.25, 0.3) is 0 Å². The highest BCUT2D eigenvalue weighted by Crippen LogP contribution is 2.32. The molecule has 6 heteroatoms. The van der Waals surface area contributed by atoms with Gasteiger partial charge in [0, 0.05) is 26.4 Å². The average Bonchev–Trinajstić information content (AvgIpc) is 3.13. The highest BCUT2D eigenvalue weighted by molar-refractivity contribution is 5.77. The van der Waals surface area contributed by atoms with Gasteiger partial charge in [0.05, 0.1) is 19.7 Å². The summed E-state index contributed by atoms with van der Waals surface area (Å²) in [6.07, 6.45) is 2.65. The van der Waals surface area contributed by atoms with Gasteiger partial charge in [0.1, 0.15) is 5.75 Å². The van der Waals surface area contributed by atoms with Crippen molar-refractivity contribution in [1.82, 2.24) is 9.80 Å². The van der Waals surface area contributed by atoms with Gasteiger partial charge < -0.3 is 19.3 Å². The van der Waals surface area contributed by atoms with E-state index in [1.54, 1.807) is 11.9 Å². The molecule has 2 heterocycles. The number of likely N-dealkylation sites (N-methyl/N-ethyl adjacent to an activating group) is 1. The molecule has 1 atom stereocenters. The van der Waals surface area contributed by atoms with Crippen molar-refractivity contribution in [2.45, 2.75) is 45.1 Å². The Morgan fingerprint density at radius 2 is 2.15 bits per heavy atom. The normalized spacial score (nSPS) is 22.2. The molecule has 0 radical (unpaired) electrons. The number of likely N-dealkylation sites (tertiary alicyclic amines) is 1. The molecule has 1 spiro atoms. The van der Waals surface area contributed by atoms with E-state index in [4.69, 9.17) is 9.47 Å². The summed E-state index contributed by atoms with van der Waals surface area (Å²) < 4.78 is 11.1. The van der Waals surface area contributed by atoms with Crippen LogP contribution < -0.4 is 4.74 Å². The molecule has 2 aliphatic rings. The lowest BCUT2D eigenvalue weighted by atomic mass is 10.0. The Morgan fingerprint density at radius 1 is 1.35 bits per heavy atom. The van der Waals surface area contributed by atoms with Crippen molar-refractivity contribution in [2.24, 2.45) is 0 Å². The molecule has 1 aromatic rings. The molecule has 26 heavy (non-hydrogen) atoms. The van der Waals surface area contributed by atoms with Gasteiger partial charge >= 0.3 is 6.09 Å². The van der Waals surface area contributed by atoms with Crippen LogP contribution in [0.1, 0.15) is 37.3 Å². The topological polar surface area (TPSA) is 59.1 Å². The van der Waals surface area contributed by atoms with Gasteiger partial charge in [-0.3, -0.25) is 4.79 Å². The summed E-state index contributed by atoms with van der Waals surface area (Å²) in [6, 6.07) is 6.21. The molecule has 0 aromatic heterocycles. The average molecular weight is 360 g/mol. The van der Waals surface area contributed by atoms with Crippen LogP contribution in [0, 0.1) is 6.92 Å². The number of aryl methyl sites for hydroxylation is 2. The van der Waals surface area contributed by atoms with Crippen molar-refractivity contribution in [3.8, 4) is 5.75 Å². The van der Waals surface area contributed by atoms with Crippen molar-refractivity contribution < 1.29 is 19.1 Å². The van der Waals surface area contributed by atoms with Gasteiger partial charge in [-0.2, -0.15) is 0 Å². The van der Waals surface area contributed by atoms with Gasteiger partial charge in [-0.15, -0.1) is 0 Å². The van der Waals surface area contributed by atoms with Crippen LogP contribution in [0.25, 0.3) is 0 Å². The summed E-state index contributed by atoms with van der Waals surface area (Å²) in [5, 5.41) is 0. The number of carbonyl (C=O) groups excluding carboxylic acids is 2. The third-order valence-corrected chi connectivity index (χ3v) is 5.21. The third-order valence-electron chi connectivity index (χ3n) is 5.21. The Hall–Kier alpha value is -2.24. The van der Waals surface area contributed by atoms with Gasteiger partial charge in [-0.25, -0.2) is 4.79 Å². The molecule has 2 amide bonds. The standard InChI is InChI=1S/C20H28N2O4/c1-4-25-17-9-8-16(12-15(17)2)6-5-7-18(23)22-11-10-20(14-22)13-21(3)19(24)26-20/h8-9,12H,4-7,10-11,13-14H2,1-3H3. The van der Waals surface area contributed by atoms with E-state index in [0.717, 1.165) is 30.6 Å². The van der Waals surface area contributed by atoms with Crippen LogP contribution in [0.5, 0.6) is 5.75 Å². The Balaban J connectivity index is 1.46. The number of hydrogen-bond donors (Lipinski definition) is 0. The summed E-state index contributed by atoms with van der Waals surface area (Å²) >= 11 is 0.